The van der Waals surface area contributed by atoms with E-state index in [1.165, 1.54) is 5.69 Å². The molecule has 0 bridgehead atoms. The maximum Gasteiger partial charge on any atom is 0.259 e. The second kappa shape index (κ2) is 9.15. The van der Waals surface area contributed by atoms with Crippen LogP contribution < -0.4 is 21.1 Å². The minimum atomic E-state index is -0.192. The highest BCUT2D eigenvalue weighted by atomic mass is 16.5. The van der Waals surface area contributed by atoms with E-state index in [1.54, 1.807) is 12.4 Å². The molecule has 0 radical (unpaired) electrons. The molecule has 4 heterocycles. The third-order valence-corrected chi connectivity index (χ3v) is 5.96. The molecule has 3 N–H and O–H groups in total. The van der Waals surface area contributed by atoms with Gasteiger partial charge in [-0.1, -0.05) is 6.07 Å². The standard InChI is InChI=1S/C26H28N6O2/c1-16-4-7-22(28-14-16)30-23-13-19-8-9-27-26(33)24(19)25(31-23)29-20-5-6-21(17(2)12-20)32-10-11-34-18(3)15-32/h4-9,12-14,18H,10-11,15H2,1-3H3,(H,27,33)(H2,28,29,30,31)/t18-/m1/s1. The van der Waals surface area contributed by atoms with E-state index < -0.39 is 0 Å². The molecule has 0 unspecified atom stereocenters. The lowest BCUT2D eigenvalue weighted by atomic mass is 10.1. The highest BCUT2D eigenvalue weighted by Crippen LogP contribution is 2.29. The van der Waals surface area contributed by atoms with Gasteiger partial charge in [-0.15, -0.1) is 0 Å². The van der Waals surface area contributed by atoms with Crippen molar-refractivity contribution in [1.29, 1.82) is 0 Å². The van der Waals surface area contributed by atoms with Crippen LogP contribution in [0.5, 0.6) is 0 Å². The molecule has 4 aromatic rings. The number of nitrogens with zero attached hydrogens (tertiary/aromatic N) is 3. The molecule has 34 heavy (non-hydrogen) atoms. The first-order valence-electron chi connectivity index (χ1n) is 11.4. The summed E-state index contributed by atoms with van der Waals surface area (Å²) in [5, 5.41) is 7.90. The molecule has 1 saturated heterocycles. The molecule has 1 aliphatic heterocycles. The Morgan fingerprint density at radius 3 is 2.74 bits per heavy atom. The Kier molecular flexibility index (Phi) is 5.90. The predicted molar refractivity (Wildman–Crippen MR) is 137 cm³/mol. The summed E-state index contributed by atoms with van der Waals surface area (Å²) >= 11 is 0. The van der Waals surface area contributed by atoms with Crippen molar-refractivity contribution in [3.05, 3.63) is 76.3 Å². The Labute approximate surface area is 198 Å². The number of hydrogen-bond donors (Lipinski definition) is 3. The minimum absolute atomic E-state index is 0.192. The summed E-state index contributed by atoms with van der Waals surface area (Å²) in [7, 11) is 0. The lowest BCUT2D eigenvalue weighted by Crippen LogP contribution is -2.41. The van der Waals surface area contributed by atoms with Gasteiger partial charge in [0.15, 0.2) is 0 Å². The Morgan fingerprint density at radius 1 is 1.09 bits per heavy atom. The van der Waals surface area contributed by atoms with Gasteiger partial charge >= 0.3 is 0 Å². The maximum atomic E-state index is 12.7. The van der Waals surface area contributed by atoms with Crippen LogP contribution in [-0.4, -0.2) is 40.8 Å². The number of anilines is 5. The number of aromatic amines is 1. The second-order valence-electron chi connectivity index (χ2n) is 8.73. The van der Waals surface area contributed by atoms with Crippen molar-refractivity contribution in [2.75, 3.05) is 35.2 Å². The van der Waals surface area contributed by atoms with Gasteiger partial charge in [0.2, 0.25) is 0 Å². The van der Waals surface area contributed by atoms with Crippen LogP contribution in [0, 0.1) is 13.8 Å². The van der Waals surface area contributed by atoms with Crippen LogP contribution in [0.1, 0.15) is 18.1 Å². The highest BCUT2D eigenvalue weighted by Gasteiger charge is 2.19. The molecule has 0 amide bonds. The molecule has 3 aromatic heterocycles. The van der Waals surface area contributed by atoms with E-state index in [0.717, 1.165) is 41.9 Å². The van der Waals surface area contributed by atoms with Crippen molar-refractivity contribution >= 4 is 39.6 Å². The first-order valence-corrected chi connectivity index (χ1v) is 11.4. The third-order valence-electron chi connectivity index (χ3n) is 5.96. The number of hydrogen-bond acceptors (Lipinski definition) is 7. The van der Waals surface area contributed by atoms with Crippen LogP contribution >= 0.6 is 0 Å². The molecule has 0 aliphatic carbocycles. The smallest absolute Gasteiger partial charge is 0.259 e. The lowest BCUT2D eigenvalue weighted by molar-refractivity contribution is 0.0532. The number of H-pyrrole nitrogens is 1. The molecule has 1 aromatic carbocycles. The quantitative estimate of drug-likeness (QED) is 0.402. The van der Waals surface area contributed by atoms with Crippen molar-refractivity contribution < 1.29 is 4.74 Å². The van der Waals surface area contributed by atoms with Crippen LogP contribution in [0.2, 0.25) is 0 Å². The molecule has 8 nitrogen and oxygen atoms in total. The third kappa shape index (κ3) is 4.58. The molecule has 1 atom stereocenters. The molecule has 1 aliphatic rings. The normalized spacial score (nSPS) is 16.0. The zero-order valence-corrected chi connectivity index (χ0v) is 19.6. The summed E-state index contributed by atoms with van der Waals surface area (Å²) in [5.41, 5.74) is 4.09. The first kappa shape index (κ1) is 21.9. The van der Waals surface area contributed by atoms with Gasteiger partial charge in [-0.05, 0) is 73.7 Å². The monoisotopic (exact) mass is 456 g/mol. The van der Waals surface area contributed by atoms with Crippen LogP contribution in [0.3, 0.4) is 0 Å². The highest BCUT2D eigenvalue weighted by molar-refractivity contribution is 5.94. The molecule has 0 spiro atoms. The number of rotatable bonds is 5. The largest absolute Gasteiger partial charge is 0.375 e. The fourth-order valence-corrected chi connectivity index (χ4v) is 4.30. The average Bonchev–Trinajstić information content (AvgIpc) is 2.81. The van der Waals surface area contributed by atoms with Gasteiger partial charge in [0.1, 0.15) is 17.5 Å². The number of aromatic nitrogens is 3. The van der Waals surface area contributed by atoms with Gasteiger partial charge in [0.05, 0.1) is 18.1 Å². The molecular formula is C26H28N6O2. The number of pyridine rings is 3. The Hall–Kier alpha value is -3.91. The van der Waals surface area contributed by atoms with Crippen LogP contribution in [0.15, 0.2) is 59.7 Å². The van der Waals surface area contributed by atoms with Crippen molar-refractivity contribution in [3.63, 3.8) is 0 Å². The molecular weight excluding hydrogens is 428 g/mol. The number of nitrogens with one attached hydrogen (secondary N) is 3. The lowest BCUT2D eigenvalue weighted by Gasteiger charge is -2.34. The van der Waals surface area contributed by atoms with E-state index in [2.05, 4.69) is 51.5 Å². The summed E-state index contributed by atoms with van der Waals surface area (Å²) in [6, 6.07) is 13.8. The molecule has 174 valence electrons. The van der Waals surface area contributed by atoms with Gasteiger partial charge in [0.25, 0.3) is 5.56 Å². The Balaban J connectivity index is 1.48. The summed E-state index contributed by atoms with van der Waals surface area (Å²) in [5.74, 6) is 1.78. The predicted octanol–water partition coefficient (Wildman–Crippen LogP) is 4.65. The number of fused-ring (bicyclic) bond motifs is 1. The molecule has 8 heteroatoms. The Bertz CT molecular complexity index is 1380. The van der Waals surface area contributed by atoms with Crippen LogP contribution in [-0.2, 0) is 4.74 Å². The first-order chi connectivity index (χ1) is 16.5. The summed E-state index contributed by atoms with van der Waals surface area (Å²) in [6.07, 6.45) is 3.66. The van der Waals surface area contributed by atoms with Crippen LogP contribution in [0.25, 0.3) is 10.8 Å². The summed E-state index contributed by atoms with van der Waals surface area (Å²) < 4.78 is 5.68. The number of aryl methyl sites for hydroxylation is 2. The van der Waals surface area contributed by atoms with Gasteiger partial charge < -0.3 is 25.3 Å². The van der Waals surface area contributed by atoms with Crippen LogP contribution in [0.4, 0.5) is 28.8 Å². The van der Waals surface area contributed by atoms with E-state index in [0.29, 0.717) is 22.8 Å². The van der Waals surface area contributed by atoms with Gasteiger partial charge in [0, 0.05) is 36.9 Å². The van der Waals surface area contributed by atoms with Crippen molar-refractivity contribution in [2.24, 2.45) is 0 Å². The second-order valence-corrected chi connectivity index (χ2v) is 8.73. The van der Waals surface area contributed by atoms with E-state index in [4.69, 9.17) is 9.72 Å². The van der Waals surface area contributed by atoms with E-state index in [1.807, 2.05) is 37.3 Å². The maximum absolute atomic E-state index is 12.7. The summed E-state index contributed by atoms with van der Waals surface area (Å²) in [4.78, 5) is 26.9. The van der Waals surface area contributed by atoms with E-state index in [9.17, 15) is 4.79 Å². The molecule has 0 saturated carbocycles. The van der Waals surface area contributed by atoms with Gasteiger partial charge in [-0.2, -0.15) is 0 Å². The van der Waals surface area contributed by atoms with Gasteiger partial charge in [-0.25, -0.2) is 9.97 Å². The molecule has 1 fully saturated rings. The fourth-order valence-electron chi connectivity index (χ4n) is 4.30. The van der Waals surface area contributed by atoms with Gasteiger partial charge in [-0.3, -0.25) is 4.79 Å². The van der Waals surface area contributed by atoms with Crippen molar-refractivity contribution in [1.82, 2.24) is 15.0 Å². The topological polar surface area (TPSA) is 95.2 Å². The van der Waals surface area contributed by atoms with E-state index >= 15 is 0 Å². The minimum Gasteiger partial charge on any atom is -0.375 e. The number of benzene rings is 1. The van der Waals surface area contributed by atoms with Crippen molar-refractivity contribution in [2.45, 2.75) is 26.9 Å². The number of ether oxygens (including phenoxy) is 1. The zero-order chi connectivity index (χ0) is 23.7. The number of morpholine rings is 1. The average molecular weight is 457 g/mol. The molecule has 5 rings (SSSR count). The fraction of sp³-hybridized carbons (Fsp3) is 0.269. The SMILES string of the molecule is Cc1ccc(Nc2cc3cc[nH]c(=O)c3c(Nc3ccc(N4CCO[C@H](C)C4)c(C)c3)n2)nc1. The van der Waals surface area contributed by atoms with E-state index in [-0.39, 0.29) is 11.7 Å². The van der Waals surface area contributed by atoms with Crippen molar-refractivity contribution in [3.8, 4) is 0 Å². The Morgan fingerprint density at radius 2 is 1.97 bits per heavy atom. The summed E-state index contributed by atoms with van der Waals surface area (Å²) in [6.45, 7) is 8.66. The zero-order valence-electron chi connectivity index (χ0n) is 19.6.